The SMILES string of the molecule is COC(=O)C(C)Oc1ccc2c(c1)O/C(=C\c1ccc(Cl)c(Cl)c1)C2=O. The summed E-state index contributed by atoms with van der Waals surface area (Å²) in [6.07, 6.45) is 0.809. The van der Waals surface area contributed by atoms with Gasteiger partial charge in [-0.3, -0.25) is 4.79 Å². The molecule has 2 aromatic rings. The van der Waals surface area contributed by atoms with E-state index in [1.807, 2.05) is 0 Å². The molecule has 0 saturated carbocycles. The maximum atomic E-state index is 12.5. The Labute approximate surface area is 160 Å². The van der Waals surface area contributed by atoms with Gasteiger partial charge in [0.05, 0.1) is 22.7 Å². The predicted octanol–water partition coefficient (Wildman–Crippen LogP) is 4.55. The number of carbonyl (C=O) groups excluding carboxylic acids is 2. The Bertz CT molecular complexity index is 920. The van der Waals surface area contributed by atoms with Crippen LogP contribution in [0.15, 0.2) is 42.2 Å². The number of methoxy groups -OCH3 is 1. The molecule has 0 saturated heterocycles. The number of rotatable bonds is 4. The summed E-state index contributed by atoms with van der Waals surface area (Å²) in [5.41, 5.74) is 1.10. The van der Waals surface area contributed by atoms with Crippen molar-refractivity contribution in [1.29, 1.82) is 0 Å². The standard InChI is InChI=1S/C19H14Cl2O5/c1-10(19(23)24-2)25-12-4-5-13-16(9-12)26-17(18(13)22)8-11-3-6-14(20)15(21)7-11/h3-10H,1-2H3/b17-8-. The summed E-state index contributed by atoms with van der Waals surface area (Å²) in [5.74, 6) is 0.166. The zero-order valence-corrected chi connectivity index (χ0v) is 15.4. The van der Waals surface area contributed by atoms with Crippen LogP contribution in [-0.2, 0) is 9.53 Å². The van der Waals surface area contributed by atoms with Crippen molar-refractivity contribution in [2.45, 2.75) is 13.0 Å². The van der Waals surface area contributed by atoms with E-state index >= 15 is 0 Å². The van der Waals surface area contributed by atoms with Crippen LogP contribution in [0, 0.1) is 0 Å². The average molecular weight is 393 g/mol. The van der Waals surface area contributed by atoms with Crippen LogP contribution < -0.4 is 9.47 Å². The Morgan fingerprint density at radius 1 is 1.15 bits per heavy atom. The molecule has 1 aliphatic rings. The first kappa shape index (κ1) is 18.3. The fraction of sp³-hybridized carbons (Fsp3) is 0.158. The first-order valence-corrected chi connectivity index (χ1v) is 8.42. The van der Waals surface area contributed by atoms with Gasteiger partial charge in [-0.05, 0) is 42.8 Å². The third-order valence-electron chi connectivity index (χ3n) is 3.73. The number of esters is 1. The lowest BCUT2D eigenvalue weighted by atomic mass is 10.1. The highest BCUT2D eigenvalue weighted by Gasteiger charge is 2.28. The first-order valence-electron chi connectivity index (χ1n) is 7.67. The highest BCUT2D eigenvalue weighted by atomic mass is 35.5. The lowest BCUT2D eigenvalue weighted by Crippen LogP contribution is -2.24. The van der Waals surface area contributed by atoms with E-state index in [0.717, 1.165) is 0 Å². The highest BCUT2D eigenvalue weighted by Crippen LogP contribution is 2.35. The van der Waals surface area contributed by atoms with Crippen LogP contribution in [-0.4, -0.2) is 25.0 Å². The number of halogens is 2. The molecule has 0 fully saturated rings. The molecule has 7 heteroatoms. The lowest BCUT2D eigenvalue weighted by Gasteiger charge is -2.12. The summed E-state index contributed by atoms with van der Waals surface area (Å²) in [4.78, 5) is 23.9. The molecule has 5 nitrogen and oxygen atoms in total. The van der Waals surface area contributed by atoms with Crippen molar-refractivity contribution in [1.82, 2.24) is 0 Å². The molecule has 0 aromatic heterocycles. The average Bonchev–Trinajstić information content (AvgIpc) is 2.92. The molecule has 0 bridgehead atoms. The molecule has 2 aromatic carbocycles. The Kier molecular flexibility index (Phi) is 5.20. The summed E-state index contributed by atoms with van der Waals surface area (Å²) < 4.78 is 15.8. The number of ketones is 1. The van der Waals surface area contributed by atoms with Gasteiger partial charge in [0, 0.05) is 6.07 Å². The Balaban J connectivity index is 1.83. The van der Waals surface area contributed by atoms with Gasteiger partial charge >= 0.3 is 5.97 Å². The zero-order valence-electron chi connectivity index (χ0n) is 13.9. The molecule has 0 spiro atoms. The zero-order chi connectivity index (χ0) is 18.8. The molecule has 0 aliphatic carbocycles. The third kappa shape index (κ3) is 3.69. The molecule has 1 heterocycles. The number of ether oxygens (including phenoxy) is 3. The quantitative estimate of drug-likeness (QED) is 0.564. The summed E-state index contributed by atoms with van der Waals surface area (Å²) in [6, 6.07) is 9.76. The van der Waals surface area contributed by atoms with E-state index in [0.29, 0.717) is 32.7 Å². The number of hydrogen-bond donors (Lipinski definition) is 0. The van der Waals surface area contributed by atoms with E-state index < -0.39 is 12.1 Å². The van der Waals surface area contributed by atoms with Crippen molar-refractivity contribution in [3.63, 3.8) is 0 Å². The normalized spacial score (nSPS) is 15.4. The minimum absolute atomic E-state index is 0.163. The maximum absolute atomic E-state index is 12.5. The summed E-state index contributed by atoms with van der Waals surface area (Å²) in [5, 5.41) is 0.814. The smallest absolute Gasteiger partial charge is 0.346 e. The molecule has 0 amide bonds. The molecular formula is C19H14Cl2O5. The van der Waals surface area contributed by atoms with Gasteiger partial charge in [0.25, 0.3) is 0 Å². The first-order chi connectivity index (χ1) is 12.4. The maximum Gasteiger partial charge on any atom is 0.346 e. The van der Waals surface area contributed by atoms with Crippen molar-refractivity contribution < 1.29 is 23.8 Å². The molecule has 0 radical (unpaired) electrons. The van der Waals surface area contributed by atoms with Gasteiger partial charge in [0.1, 0.15) is 11.5 Å². The van der Waals surface area contributed by atoms with Crippen LogP contribution in [0.1, 0.15) is 22.8 Å². The molecule has 134 valence electrons. The van der Waals surface area contributed by atoms with Crippen molar-refractivity contribution in [2.24, 2.45) is 0 Å². The minimum atomic E-state index is -0.777. The lowest BCUT2D eigenvalue weighted by molar-refractivity contribution is -0.147. The second-order valence-electron chi connectivity index (χ2n) is 5.55. The van der Waals surface area contributed by atoms with E-state index in [1.54, 1.807) is 49.4 Å². The molecule has 0 N–H and O–H groups in total. The fourth-order valence-corrected chi connectivity index (χ4v) is 2.72. The van der Waals surface area contributed by atoms with Crippen LogP contribution in [0.25, 0.3) is 6.08 Å². The predicted molar refractivity (Wildman–Crippen MR) is 97.9 cm³/mol. The molecular weight excluding hydrogens is 379 g/mol. The van der Waals surface area contributed by atoms with E-state index in [2.05, 4.69) is 4.74 Å². The van der Waals surface area contributed by atoms with Crippen LogP contribution >= 0.6 is 23.2 Å². The van der Waals surface area contributed by atoms with Crippen molar-refractivity contribution in [3.05, 3.63) is 63.3 Å². The number of fused-ring (bicyclic) bond motifs is 1. The number of benzene rings is 2. The summed E-state index contributed by atoms with van der Waals surface area (Å²) in [6.45, 7) is 1.57. The fourth-order valence-electron chi connectivity index (χ4n) is 2.41. The molecule has 1 atom stereocenters. The van der Waals surface area contributed by atoms with Crippen LogP contribution in [0.3, 0.4) is 0 Å². The van der Waals surface area contributed by atoms with Gasteiger partial charge < -0.3 is 14.2 Å². The molecule has 1 unspecified atom stereocenters. The van der Waals surface area contributed by atoms with Crippen LogP contribution in [0.5, 0.6) is 11.5 Å². The number of carbonyl (C=O) groups is 2. The Hall–Kier alpha value is -2.50. The van der Waals surface area contributed by atoms with E-state index in [-0.39, 0.29) is 11.5 Å². The topological polar surface area (TPSA) is 61.8 Å². The molecule has 3 rings (SSSR count). The van der Waals surface area contributed by atoms with E-state index in [1.165, 1.54) is 7.11 Å². The van der Waals surface area contributed by atoms with Crippen LogP contribution in [0.4, 0.5) is 0 Å². The second-order valence-corrected chi connectivity index (χ2v) is 6.37. The molecule has 1 aliphatic heterocycles. The number of Topliss-reactive ketones (excluding diaryl/α,β-unsaturated/α-hetero) is 1. The van der Waals surface area contributed by atoms with Gasteiger partial charge in [-0.15, -0.1) is 0 Å². The minimum Gasteiger partial charge on any atom is -0.479 e. The van der Waals surface area contributed by atoms with Gasteiger partial charge in [-0.1, -0.05) is 29.3 Å². The van der Waals surface area contributed by atoms with Gasteiger partial charge in [-0.25, -0.2) is 4.79 Å². The largest absolute Gasteiger partial charge is 0.479 e. The van der Waals surface area contributed by atoms with Gasteiger partial charge in [0.2, 0.25) is 5.78 Å². The number of allylic oxidation sites excluding steroid dienone is 1. The van der Waals surface area contributed by atoms with Crippen LogP contribution in [0.2, 0.25) is 10.0 Å². The second kappa shape index (κ2) is 7.40. The Morgan fingerprint density at radius 3 is 2.62 bits per heavy atom. The van der Waals surface area contributed by atoms with Crippen molar-refractivity contribution in [3.8, 4) is 11.5 Å². The Morgan fingerprint density at radius 2 is 1.92 bits per heavy atom. The monoisotopic (exact) mass is 392 g/mol. The summed E-state index contributed by atoms with van der Waals surface area (Å²) >= 11 is 11.9. The van der Waals surface area contributed by atoms with Crippen molar-refractivity contribution >= 4 is 41.0 Å². The summed E-state index contributed by atoms with van der Waals surface area (Å²) in [7, 11) is 1.28. The van der Waals surface area contributed by atoms with Crippen molar-refractivity contribution in [2.75, 3.05) is 7.11 Å². The van der Waals surface area contributed by atoms with E-state index in [4.69, 9.17) is 32.7 Å². The highest BCUT2D eigenvalue weighted by molar-refractivity contribution is 6.42. The number of hydrogen-bond acceptors (Lipinski definition) is 5. The van der Waals surface area contributed by atoms with E-state index in [9.17, 15) is 9.59 Å². The van der Waals surface area contributed by atoms with Gasteiger partial charge in [0.15, 0.2) is 11.9 Å². The van der Waals surface area contributed by atoms with Gasteiger partial charge in [-0.2, -0.15) is 0 Å². The molecule has 26 heavy (non-hydrogen) atoms. The third-order valence-corrected chi connectivity index (χ3v) is 4.47.